The summed E-state index contributed by atoms with van der Waals surface area (Å²) in [5.41, 5.74) is 0. The van der Waals surface area contributed by atoms with E-state index >= 15 is 0 Å². The van der Waals surface area contributed by atoms with E-state index < -0.39 is 10.0 Å². The molecule has 0 atom stereocenters. The van der Waals surface area contributed by atoms with Gasteiger partial charge in [-0.3, -0.25) is 0 Å². The molecule has 21 heavy (non-hydrogen) atoms. The first-order chi connectivity index (χ1) is 9.95. The van der Waals surface area contributed by atoms with Crippen LogP contribution < -0.4 is 0 Å². The van der Waals surface area contributed by atoms with Crippen molar-refractivity contribution in [1.29, 1.82) is 0 Å². The topological polar surface area (TPSA) is 40.6 Å². The van der Waals surface area contributed by atoms with Crippen molar-refractivity contribution in [3.05, 3.63) is 28.2 Å². The van der Waals surface area contributed by atoms with Crippen LogP contribution in [-0.4, -0.2) is 50.3 Å². The van der Waals surface area contributed by atoms with Crippen molar-refractivity contribution in [3.8, 4) is 0 Å². The van der Waals surface area contributed by atoms with Crippen molar-refractivity contribution in [3.63, 3.8) is 0 Å². The largest absolute Gasteiger partial charge is 0.301 e. The molecule has 1 aromatic rings. The van der Waals surface area contributed by atoms with Crippen LogP contribution in [-0.2, 0) is 10.0 Å². The average Bonchev–Trinajstić information content (AvgIpc) is 2.48. The number of sulfonamides is 1. The van der Waals surface area contributed by atoms with Crippen LogP contribution in [0.2, 0.25) is 10.0 Å². The molecule has 0 saturated carbocycles. The van der Waals surface area contributed by atoms with Gasteiger partial charge in [-0.2, -0.15) is 4.31 Å². The Balaban J connectivity index is 2.10. The third kappa shape index (κ3) is 4.11. The molecule has 0 amide bonds. The molecule has 1 saturated heterocycles. The smallest absolute Gasteiger partial charge is 0.244 e. The molecule has 1 aliphatic rings. The number of hydrogen-bond acceptors (Lipinski definition) is 3. The molecule has 1 aromatic carbocycles. The third-order valence-electron chi connectivity index (χ3n) is 3.67. The van der Waals surface area contributed by atoms with Crippen LogP contribution in [0.25, 0.3) is 0 Å². The van der Waals surface area contributed by atoms with Gasteiger partial charge in [-0.15, -0.1) is 0 Å². The maximum atomic E-state index is 12.6. The molecule has 118 valence electrons. The Kier molecular flexibility index (Phi) is 5.91. The molecule has 1 heterocycles. The number of hydrogen-bond donors (Lipinski definition) is 0. The standard InChI is InChI=1S/C14H20Cl2N2O2S/c1-2-3-6-17-7-9-18(10-8-17)21(19,20)14-11-12(15)4-5-13(14)16/h4-5,11H,2-3,6-10H2,1H3. The van der Waals surface area contributed by atoms with E-state index in [-0.39, 0.29) is 9.92 Å². The van der Waals surface area contributed by atoms with Gasteiger partial charge in [0.05, 0.1) is 5.02 Å². The fraction of sp³-hybridized carbons (Fsp3) is 0.571. The predicted molar refractivity (Wildman–Crippen MR) is 86.6 cm³/mol. The van der Waals surface area contributed by atoms with E-state index in [0.717, 1.165) is 32.5 Å². The van der Waals surface area contributed by atoms with Gasteiger partial charge in [0, 0.05) is 31.2 Å². The molecule has 0 N–H and O–H groups in total. The molecular formula is C14H20Cl2N2O2S. The lowest BCUT2D eigenvalue weighted by atomic mass is 10.3. The highest BCUT2D eigenvalue weighted by atomic mass is 35.5. The molecule has 0 bridgehead atoms. The highest BCUT2D eigenvalue weighted by Gasteiger charge is 2.30. The van der Waals surface area contributed by atoms with Crippen molar-refractivity contribution >= 4 is 33.2 Å². The quantitative estimate of drug-likeness (QED) is 0.819. The second-order valence-electron chi connectivity index (χ2n) is 5.17. The molecule has 2 rings (SSSR count). The predicted octanol–water partition coefficient (Wildman–Crippen LogP) is 3.10. The summed E-state index contributed by atoms with van der Waals surface area (Å²) in [4.78, 5) is 2.40. The summed E-state index contributed by atoms with van der Waals surface area (Å²) in [5.74, 6) is 0. The Bertz CT molecular complexity index is 585. The van der Waals surface area contributed by atoms with Crippen LogP contribution in [0.4, 0.5) is 0 Å². The van der Waals surface area contributed by atoms with Crippen molar-refractivity contribution in [2.75, 3.05) is 32.7 Å². The summed E-state index contributed by atoms with van der Waals surface area (Å²) >= 11 is 11.9. The van der Waals surface area contributed by atoms with Gasteiger partial charge >= 0.3 is 0 Å². The molecular weight excluding hydrogens is 331 g/mol. The maximum Gasteiger partial charge on any atom is 0.244 e. The van der Waals surface area contributed by atoms with E-state index in [4.69, 9.17) is 23.2 Å². The van der Waals surface area contributed by atoms with Crippen molar-refractivity contribution < 1.29 is 8.42 Å². The van der Waals surface area contributed by atoms with Crippen LogP contribution in [0, 0.1) is 0 Å². The minimum absolute atomic E-state index is 0.0960. The number of nitrogens with zero attached hydrogens (tertiary/aromatic N) is 2. The maximum absolute atomic E-state index is 12.6. The fourth-order valence-corrected chi connectivity index (χ4v) is 4.55. The van der Waals surface area contributed by atoms with Crippen molar-refractivity contribution in [1.82, 2.24) is 9.21 Å². The SMILES string of the molecule is CCCCN1CCN(S(=O)(=O)c2cc(Cl)ccc2Cl)CC1. The van der Waals surface area contributed by atoms with Crippen molar-refractivity contribution in [2.24, 2.45) is 0 Å². The van der Waals surface area contributed by atoms with Crippen molar-refractivity contribution in [2.45, 2.75) is 24.7 Å². The monoisotopic (exact) mass is 350 g/mol. The Hall–Kier alpha value is -0.330. The van der Waals surface area contributed by atoms with Gasteiger partial charge in [0.1, 0.15) is 4.90 Å². The van der Waals surface area contributed by atoms with Gasteiger partial charge in [0.25, 0.3) is 0 Å². The molecule has 0 radical (unpaired) electrons. The van der Waals surface area contributed by atoms with Gasteiger partial charge < -0.3 is 4.90 Å². The van der Waals surface area contributed by atoms with Gasteiger partial charge in [-0.1, -0.05) is 36.5 Å². The average molecular weight is 351 g/mol. The van der Waals surface area contributed by atoms with Crippen LogP contribution in [0.3, 0.4) is 0 Å². The highest BCUT2D eigenvalue weighted by Crippen LogP contribution is 2.28. The molecule has 0 spiro atoms. The molecule has 1 aliphatic heterocycles. The molecule has 0 aromatic heterocycles. The number of piperazine rings is 1. The first kappa shape index (κ1) is 17.0. The molecule has 0 aliphatic carbocycles. The zero-order valence-corrected chi connectivity index (χ0v) is 14.4. The summed E-state index contributed by atoms with van der Waals surface area (Å²) in [6.45, 7) is 5.70. The van der Waals surface area contributed by atoms with E-state index in [1.165, 1.54) is 16.4 Å². The van der Waals surface area contributed by atoms with E-state index in [0.29, 0.717) is 18.1 Å². The Morgan fingerprint density at radius 2 is 1.81 bits per heavy atom. The Labute approximate surface area is 136 Å². The van der Waals surface area contributed by atoms with E-state index in [9.17, 15) is 8.42 Å². The first-order valence-electron chi connectivity index (χ1n) is 7.12. The van der Waals surface area contributed by atoms with Crippen LogP contribution in [0.15, 0.2) is 23.1 Å². The van der Waals surface area contributed by atoms with Crippen LogP contribution in [0.5, 0.6) is 0 Å². The van der Waals surface area contributed by atoms with E-state index in [1.54, 1.807) is 6.07 Å². The zero-order chi connectivity index (χ0) is 15.5. The molecule has 0 unspecified atom stereocenters. The zero-order valence-electron chi connectivity index (χ0n) is 12.1. The summed E-state index contributed by atoms with van der Waals surface area (Å²) in [6.07, 6.45) is 2.30. The lowest BCUT2D eigenvalue weighted by Crippen LogP contribution is -2.48. The minimum atomic E-state index is -3.57. The normalized spacial score (nSPS) is 18.0. The molecule has 4 nitrogen and oxygen atoms in total. The minimum Gasteiger partial charge on any atom is -0.301 e. The fourth-order valence-electron chi connectivity index (χ4n) is 2.39. The van der Waals surface area contributed by atoms with E-state index in [1.807, 2.05) is 0 Å². The van der Waals surface area contributed by atoms with Gasteiger partial charge in [-0.05, 0) is 31.2 Å². The second-order valence-corrected chi connectivity index (χ2v) is 7.92. The number of unbranched alkanes of at least 4 members (excludes halogenated alkanes) is 1. The first-order valence-corrected chi connectivity index (χ1v) is 9.32. The number of halogens is 2. The highest BCUT2D eigenvalue weighted by molar-refractivity contribution is 7.89. The Morgan fingerprint density at radius 1 is 1.14 bits per heavy atom. The lowest BCUT2D eigenvalue weighted by Gasteiger charge is -2.34. The van der Waals surface area contributed by atoms with Gasteiger partial charge in [0.2, 0.25) is 10.0 Å². The lowest BCUT2D eigenvalue weighted by molar-refractivity contribution is 0.186. The second kappa shape index (κ2) is 7.29. The summed E-state index contributed by atoms with van der Waals surface area (Å²) in [7, 11) is -3.57. The van der Waals surface area contributed by atoms with Crippen LogP contribution >= 0.6 is 23.2 Å². The number of rotatable bonds is 5. The number of benzene rings is 1. The molecule has 1 fully saturated rings. The summed E-state index contributed by atoms with van der Waals surface area (Å²) < 4.78 is 26.8. The van der Waals surface area contributed by atoms with Gasteiger partial charge in [0.15, 0.2) is 0 Å². The van der Waals surface area contributed by atoms with E-state index in [2.05, 4.69) is 11.8 Å². The van der Waals surface area contributed by atoms with Crippen LogP contribution in [0.1, 0.15) is 19.8 Å². The Morgan fingerprint density at radius 3 is 2.43 bits per heavy atom. The van der Waals surface area contributed by atoms with Gasteiger partial charge in [-0.25, -0.2) is 8.42 Å². The summed E-state index contributed by atoms with van der Waals surface area (Å²) in [6, 6.07) is 4.53. The summed E-state index contributed by atoms with van der Waals surface area (Å²) in [5, 5.41) is 0.590. The third-order valence-corrected chi connectivity index (χ3v) is 6.29. The molecule has 7 heteroatoms.